The van der Waals surface area contributed by atoms with Crippen LogP contribution in [0.1, 0.15) is 47.8 Å². The van der Waals surface area contributed by atoms with Crippen molar-refractivity contribution in [1.82, 2.24) is 25.6 Å². The molecule has 0 spiro atoms. The maximum absolute atomic E-state index is 11.3. The molecule has 0 aromatic carbocycles. The fraction of sp³-hybridized carbons (Fsp3) is 0.692. The molecule has 0 saturated carbocycles. The lowest BCUT2D eigenvalue weighted by Crippen LogP contribution is -2.29. The van der Waals surface area contributed by atoms with E-state index in [0.717, 1.165) is 25.9 Å². The van der Waals surface area contributed by atoms with Crippen LogP contribution >= 0.6 is 0 Å². The van der Waals surface area contributed by atoms with E-state index in [4.69, 9.17) is 0 Å². The monoisotopic (exact) mass is 295 g/mol. The normalized spacial score (nSPS) is 15.9. The van der Waals surface area contributed by atoms with Crippen molar-refractivity contribution in [3.63, 3.8) is 0 Å². The summed E-state index contributed by atoms with van der Waals surface area (Å²) in [5.41, 5.74) is 0.739. The van der Waals surface area contributed by atoms with Gasteiger partial charge in [-0.05, 0) is 32.4 Å². The predicted octanol–water partition coefficient (Wildman–Crippen LogP) is -0.0305. The van der Waals surface area contributed by atoms with E-state index in [-0.39, 0.29) is 17.5 Å². The molecule has 0 unspecified atom stereocenters. The van der Waals surface area contributed by atoms with Crippen molar-refractivity contribution in [2.75, 3.05) is 20.1 Å². The van der Waals surface area contributed by atoms with E-state index in [9.17, 15) is 14.7 Å². The zero-order chi connectivity index (χ0) is 15.2. The largest absolute Gasteiger partial charge is 0.476 e. The second-order valence-electron chi connectivity index (χ2n) is 5.15. The molecule has 21 heavy (non-hydrogen) atoms. The van der Waals surface area contributed by atoms with Gasteiger partial charge in [-0.3, -0.25) is 4.79 Å². The van der Waals surface area contributed by atoms with Crippen LogP contribution in [0, 0.1) is 0 Å². The molecular weight excluding hydrogens is 274 g/mol. The van der Waals surface area contributed by atoms with Gasteiger partial charge >= 0.3 is 5.97 Å². The van der Waals surface area contributed by atoms with Gasteiger partial charge in [0, 0.05) is 25.9 Å². The van der Waals surface area contributed by atoms with Gasteiger partial charge in [0.15, 0.2) is 5.69 Å². The topological polar surface area (TPSA) is 109 Å². The Labute approximate surface area is 122 Å². The first-order valence-electron chi connectivity index (χ1n) is 7.21. The molecular formula is C13H21N5O3. The lowest BCUT2D eigenvalue weighted by atomic mass is 9.93. The molecule has 3 N–H and O–H groups in total. The molecule has 0 atom stereocenters. The molecule has 8 nitrogen and oxygen atoms in total. The quantitative estimate of drug-likeness (QED) is 0.680. The number of amides is 1. The van der Waals surface area contributed by atoms with Crippen LogP contribution in [0.3, 0.4) is 0 Å². The molecule has 1 aliphatic heterocycles. The lowest BCUT2D eigenvalue weighted by Gasteiger charge is -2.23. The highest BCUT2D eigenvalue weighted by molar-refractivity contribution is 5.86. The highest BCUT2D eigenvalue weighted by Gasteiger charge is 2.27. The van der Waals surface area contributed by atoms with Gasteiger partial charge in [0.25, 0.3) is 0 Å². The number of aryl methyl sites for hydroxylation is 1. The minimum absolute atomic E-state index is 0.0306. The van der Waals surface area contributed by atoms with Crippen molar-refractivity contribution in [2.45, 2.75) is 38.1 Å². The Morgan fingerprint density at radius 3 is 2.76 bits per heavy atom. The molecule has 116 valence electrons. The van der Waals surface area contributed by atoms with Crippen molar-refractivity contribution >= 4 is 11.9 Å². The SMILES string of the molecule is CNC(=O)CCCn1nnc(C(=O)O)c1C1CCNCC1. The van der Waals surface area contributed by atoms with Crippen LogP contribution in [0.4, 0.5) is 0 Å². The van der Waals surface area contributed by atoms with Crippen molar-refractivity contribution in [3.05, 3.63) is 11.4 Å². The Hall–Kier alpha value is -1.96. The highest BCUT2D eigenvalue weighted by atomic mass is 16.4. The molecule has 1 aromatic rings. The third-order valence-electron chi connectivity index (χ3n) is 3.75. The fourth-order valence-electron chi connectivity index (χ4n) is 2.65. The van der Waals surface area contributed by atoms with E-state index in [1.165, 1.54) is 0 Å². The number of aromatic nitrogens is 3. The van der Waals surface area contributed by atoms with Crippen LogP contribution in [0.2, 0.25) is 0 Å². The average molecular weight is 295 g/mol. The van der Waals surface area contributed by atoms with Crippen LogP contribution in [0.5, 0.6) is 0 Å². The van der Waals surface area contributed by atoms with Crippen molar-refractivity contribution in [2.24, 2.45) is 0 Å². The molecule has 1 fully saturated rings. The van der Waals surface area contributed by atoms with Gasteiger partial charge in [-0.15, -0.1) is 5.10 Å². The molecule has 0 bridgehead atoms. The van der Waals surface area contributed by atoms with Gasteiger partial charge in [0.05, 0.1) is 5.69 Å². The molecule has 2 heterocycles. The Kier molecular flexibility index (Phi) is 5.26. The minimum atomic E-state index is -1.04. The summed E-state index contributed by atoms with van der Waals surface area (Å²) in [4.78, 5) is 22.6. The van der Waals surface area contributed by atoms with E-state index in [1.54, 1.807) is 11.7 Å². The van der Waals surface area contributed by atoms with Gasteiger partial charge in [0.1, 0.15) is 0 Å². The number of rotatable bonds is 6. The summed E-state index contributed by atoms with van der Waals surface area (Å²) in [5.74, 6) is -0.912. The Balaban J connectivity index is 2.12. The van der Waals surface area contributed by atoms with Crippen LogP contribution < -0.4 is 10.6 Å². The van der Waals surface area contributed by atoms with Crippen LogP contribution in [0.15, 0.2) is 0 Å². The van der Waals surface area contributed by atoms with Crippen molar-refractivity contribution in [3.8, 4) is 0 Å². The summed E-state index contributed by atoms with van der Waals surface area (Å²) in [6, 6.07) is 0. The van der Waals surface area contributed by atoms with Gasteiger partial charge in [-0.2, -0.15) is 0 Å². The zero-order valence-electron chi connectivity index (χ0n) is 12.1. The molecule has 1 aromatic heterocycles. The average Bonchev–Trinajstić information content (AvgIpc) is 2.92. The van der Waals surface area contributed by atoms with E-state index in [2.05, 4.69) is 20.9 Å². The predicted molar refractivity (Wildman–Crippen MR) is 75.1 cm³/mol. The fourth-order valence-corrected chi connectivity index (χ4v) is 2.65. The van der Waals surface area contributed by atoms with Crippen LogP contribution in [-0.4, -0.2) is 52.1 Å². The molecule has 2 rings (SSSR count). The molecule has 1 aliphatic rings. The summed E-state index contributed by atoms with van der Waals surface area (Å²) in [5, 5.41) is 22.9. The maximum atomic E-state index is 11.3. The van der Waals surface area contributed by atoms with Gasteiger partial charge < -0.3 is 15.7 Å². The third-order valence-corrected chi connectivity index (χ3v) is 3.75. The van der Waals surface area contributed by atoms with Gasteiger partial charge in [-0.25, -0.2) is 9.48 Å². The van der Waals surface area contributed by atoms with Crippen LogP contribution in [0.25, 0.3) is 0 Å². The first-order valence-corrected chi connectivity index (χ1v) is 7.21. The summed E-state index contributed by atoms with van der Waals surface area (Å²) in [6.45, 7) is 2.24. The van der Waals surface area contributed by atoms with E-state index in [1.807, 2.05) is 0 Å². The molecule has 1 saturated heterocycles. The minimum Gasteiger partial charge on any atom is -0.476 e. The Bertz CT molecular complexity index is 508. The number of carboxylic acid groups (broad SMARTS) is 1. The van der Waals surface area contributed by atoms with Crippen molar-refractivity contribution in [1.29, 1.82) is 0 Å². The highest BCUT2D eigenvalue weighted by Crippen LogP contribution is 2.27. The molecule has 1 amide bonds. The number of hydrogen-bond acceptors (Lipinski definition) is 5. The van der Waals surface area contributed by atoms with Crippen molar-refractivity contribution < 1.29 is 14.7 Å². The summed E-state index contributed by atoms with van der Waals surface area (Å²) in [6.07, 6.45) is 2.76. The number of nitrogens with zero attached hydrogens (tertiary/aromatic N) is 3. The number of hydrogen-bond donors (Lipinski definition) is 3. The summed E-state index contributed by atoms with van der Waals surface area (Å²) in [7, 11) is 1.60. The summed E-state index contributed by atoms with van der Waals surface area (Å²) < 4.78 is 1.66. The Morgan fingerprint density at radius 2 is 2.14 bits per heavy atom. The first kappa shape index (κ1) is 15.4. The maximum Gasteiger partial charge on any atom is 0.358 e. The zero-order valence-corrected chi connectivity index (χ0v) is 12.1. The van der Waals surface area contributed by atoms with Gasteiger partial charge in [-0.1, -0.05) is 5.21 Å². The van der Waals surface area contributed by atoms with Gasteiger partial charge in [0.2, 0.25) is 5.91 Å². The third kappa shape index (κ3) is 3.78. The standard InChI is InChI=1S/C13H21N5O3/c1-14-10(19)3-2-8-18-12(9-4-6-15-7-5-9)11(13(20)21)16-17-18/h9,15H,2-8H2,1H3,(H,14,19)(H,20,21). The van der Waals surface area contributed by atoms with E-state index < -0.39 is 5.97 Å². The number of aromatic carboxylic acids is 1. The molecule has 0 radical (unpaired) electrons. The molecule has 0 aliphatic carbocycles. The first-order chi connectivity index (χ1) is 10.1. The van der Waals surface area contributed by atoms with E-state index in [0.29, 0.717) is 25.1 Å². The Morgan fingerprint density at radius 1 is 1.43 bits per heavy atom. The number of carbonyl (C=O) groups excluding carboxylic acids is 1. The smallest absolute Gasteiger partial charge is 0.358 e. The second kappa shape index (κ2) is 7.16. The number of piperidine rings is 1. The molecule has 8 heteroatoms. The lowest BCUT2D eigenvalue weighted by molar-refractivity contribution is -0.120. The summed E-state index contributed by atoms with van der Waals surface area (Å²) >= 11 is 0. The van der Waals surface area contributed by atoms with Crippen LogP contribution in [-0.2, 0) is 11.3 Å². The number of nitrogens with one attached hydrogen (secondary N) is 2. The van der Waals surface area contributed by atoms with E-state index >= 15 is 0 Å². The number of carboxylic acids is 1. The second-order valence-corrected chi connectivity index (χ2v) is 5.15. The number of carbonyl (C=O) groups is 2.